The van der Waals surface area contributed by atoms with Gasteiger partial charge < -0.3 is 10.2 Å². The van der Waals surface area contributed by atoms with E-state index in [0.29, 0.717) is 4.31 Å². The molecule has 1 unspecified atom stereocenters. The van der Waals surface area contributed by atoms with Gasteiger partial charge in [0.25, 0.3) is 10.0 Å². The molecule has 7 nitrogen and oxygen atoms in total. The van der Waals surface area contributed by atoms with Gasteiger partial charge in [0.05, 0.1) is 16.1 Å². The maximum Gasteiger partial charge on any atom is 0.416 e. The molecular formula is C33H38F3N3O4S. The Morgan fingerprint density at radius 2 is 1.61 bits per heavy atom. The number of anilines is 1. The van der Waals surface area contributed by atoms with E-state index in [-0.39, 0.29) is 35.5 Å². The molecule has 236 valence electrons. The Hall–Kier alpha value is -3.86. The highest BCUT2D eigenvalue weighted by atomic mass is 32.2. The van der Waals surface area contributed by atoms with Gasteiger partial charge >= 0.3 is 6.18 Å². The first-order valence-electron chi connectivity index (χ1n) is 14.7. The van der Waals surface area contributed by atoms with Gasteiger partial charge in [-0.05, 0) is 74.6 Å². The molecule has 1 saturated carbocycles. The minimum absolute atomic E-state index is 0.00418. The third kappa shape index (κ3) is 7.80. The largest absolute Gasteiger partial charge is 0.416 e. The van der Waals surface area contributed by atoms with Crippen molar-refractivity contribution in [1.82, 2.24) is 10.2 Å². The second-order valence-corrected chi connectivity index (χ2v) is 13.1. The predicted octanol–water partition coefficient (Wildman–Crippen LogP) is 6.38. The molecule has 0 aliphatic heterocycles. The van der Waals surface area contributed by atoms with Gasteiger partial charge in [-0.2, -0.15) is 13.2 Å². The van der Waals surface area contributed by atoms with Gasteiger partial charge in [-0.15, -0.1) is 0 Å². The lowest BCUT2D eigenvalue weighted by atomic mass is 10.1. The number of nitrogens with zero attached hydrogens (tertiary/aromatic N) is 2. The zero-order chi connectivity index (χ0) is 32.1. The molecule has 2 amide bonds. The fourth-order valence-electron chi connectivity index (χ4n) is 5.46. The first kappa shape index (κ1) is 33.0. The Kier molecular flexibility index (Phi) is 10.4. The first-order valence-corrected chi connectivity index (χ1v) is 16.2. The molecule has 0 radical (unpaired) electrons. The number of rotatable bonds is 11. The summed E-state index contributed by atoms with van der Waals surface area (Å²) in [6.07, 6.45) is -0.808. The van der Waals surface area contributed by atoms with Crippen LogP contribution in [-0.2, 0) is 32.3 Å². The molecule has 0 saturated heterocycles. The zero-order valence-electron chi connectivity index (χ0n) is 25.1. The van der Waals surface area contributed by atoms with Crippen LogP contribution in [0.2, 0.25) is 0 Å². The summed E-state index contributed by atoms with van der Waals surface area (Å²) < 4.78 is 69.7. The van der Waals surface area contributed by atoms with Gasteiger partial charge in [-0.1, -0.05) is 67.8 Å². The predicted molar refractivity (Wildman–Crippen MR) is 163 cm³/mol. The molecule has 1 atom stereocenters. The van der Waals surface area contributed by atoms with E-state index < -0.39 is 40.3 Å². The topological polar surface area (TPSA) is 86.8 Å². The minimum Gasteiger partial charge on any atom is -0.352 e. The summed E-state index contributed by atoms with van der Waals surface area (Å²) >= 11 is 0. The van der Waals surface area contributed by atoms with Crippen LogP contribution < -0.4 is 9.62 Å². The van der Waals surface area contributed by atoms with Gasteiger partial charge in [-0.3, -0.25) is 13.9 Å². The Morgan fingerprint density at radius 3 is 2.23 bits per heavy atom. The number of aryl methyl sites for hydroxylation is 2. The van der Waals surface area contributed by atoms with Crippen molar-refractivity contribution < 1.29 is 31.2 Å². The minimum atomic E-state index is -4.73. The van der Waals surface area contributed by atoms with E-state index in [1.165, 1.54) is 23.1 Å². The SMILES string of the molecule is CCC(C(=O)NC1CCCC1)N(Cc1ccccc1C)C(=O)CN(c1cccc(C(F)(F)F)c1)S(=O)(=O)c1ccc(C)cc1. The Balaban J connectivity index is 1.77. The molecule has 1 N–H and O–H groups in total. The summed E-state index contributed by atoms with van der Waals surface area (Å²) in [5.41, 5.74) is 1.06. The first-order chi connectivity index (χ1) is 20.8. The van der Waals surface area contributed by atoms with Crippen molar-refractivity contribution in [3.8, 4) is 0 Å². The highest BCUT2D eigenvalue weighted by Gasteiger charge is 2.36. The fourth-order valence-corrected chi connectivity index (χ4v) is 6.87. The summed E-state index contributed by atoms with van der Waals surface area (Å²) in [6.45, 7) is 4.62. The van der Waals surface area contributed by atoms with Crippen LogP contribution in [0.4, 0.5) is 18.9 Å². The summed E-state index contributed by atoms with van der Waals surface area (Å²) in [5.74, 6) is -1.05. The van der Waals surface area contributed by atoms with E-state index in [4.69, 9.17) is 0 Å². The van der Waals surface area contributed by atoms with Crippen molar-refractivity contribution in [3.05, 3.63) is 95.1 Å². The van der Waals surface area contributed by atoms with E-state index in [1.807, 2.05) is 25.1 Å². The quantitative estimate of drug-likeness (QED) is 0.267. The second-order valence-electron chi connectivity index (χ2n) is 11.2. The van der Waals surface area contributed by atoms with Gasteiger partial charge in [0.1, 0.15) is 12.6 Å². The molecule has 0 heterocycles. The van der Waals surface area contributed by atoms with Gasteiger partial charge in [0, 0.05) is 12.6 Å². The van der Waals surface area contributed by atoms with Crippen LogP contribution in [0.3, 0.4) is 0 Å². The number of hydrogen-bond acceptors (Lipinski definition) is 4. The van der Waals surface area contributed by atoms with Crippen LogP contribution in [0.15, 0.2) is 77.7 Å². The average molecular weight is 630 g/mol. The molecule has 3 aromatic carbocycles. The number of carbonyl (C=O) groups excluding carboxylic acids is 2. The van der Waals surface area contributed by atoms with Crippen LogP contribution in [0.5, 0.6) is 0 Å². The lowest BCUT2D eigenvalue weighted by Gasteiger charge is -2.34. The van der Waals surface area contributed by atoms with Crippen molar-refractivity contribution in [2.45, 2.75) is 82.6 Å². The van der Waals surface area contributed by atoms with Crippen LogP contribution in [0.1, 0.15) is 61.3 Å². The lowest BCUT2D eigenvalue weighted by molar-refractivity contribution is -0.140. The maximum atomic E-state index is 14.2. The number of hydrogen-bond donors (Lipinski definition) is 1. The summed E-state index contributed by atoms with van der Waals surface area (Å²) in [7, 11) is -4.50. The van der Waals surface area contributed by atoms with Gasteiger partial charge in [0.15, 0.2) is 0 Å². The van der Waals surface area contributed by atoms with E-state index in [2.05, 4.69) is 5.32 Å². The van der Waals surface area contributed by atoms with Crippen molar-refractivity contribution in [2.24, 2.45) is 0 Å². The smallest absolute Gasteiger partial charge is 0.352 e. The van der Waals surface area contributed by atoms with Crippen molar-refractivity contribution >= 4 is 27.5 Å². The standard InChI is InChI=1S/C33H38F3N3O4S/c1-4-30(32(41)37-27-13-7-8-14-27)38(21-25-11-6-5-10-24(25)3)31(40)22-39(28-15-9-12-26(20-28)33(34,35)36)44(42,43)29-18-16-23(2)17-19-29/h5-6,9-12,15-20,27,30H,4,7-8,13-14,21-22H2,1-3H3,(H,37,41). The Labute approximate surface area is 257 Å². The third-order valence-corrected chi connectivity index (χ3v) is 9.83. The van der Waals surface area contributed by atoms with Crippen molar-refractivity contribution in [1.29, 1.82) is 0 Å². The normalized spacial score (nSPS) is 14.7. The van der Waals surface area contributed by atoms with Crippen LogP contribution >= 0.6 is 0 Å². The maximum absolute atomic E-state index is 14.2. The molecule has 0 bridgehead atoms. The number of halogens is 3. The summed E-state index contributed by atoms with van der Waals surface area (Å²) in [4.78, 5) is 28.9. The second kappa shape index (κ2) is 13.8. The number of sulfonamides is 1. The van der Waals surface area contributed by atoms with E-state index in [1.54, 1.807) is 32.0 Å². The molecule has 4 rings (SSSR count). The van der Waals surface area contributed by atoms with Crippen LogP contribution in [0, 0.1) is 13.8 Å². The Morgan fingerprint density at radius 1 is 0.955 bits per heavy atom. The molecule has 44 heavy (non-hydrogen) atoms. The fraction of sp³-hybridized carbons (Fsp3) is 0.394. The molecular weight excluding hydrogens is 591 g/mol. The number of alkyl halides is 3. The monoisotopic (exact) mass is 629 g/mol. The number of carbonyl (C=O) groups is 2. The molecule has 1 fully saturated rings. The van der Waals surface area contributed by atoms with E-state index in [9.17, 15) is 31.2 Å². The zero-order valence-corrected chi connectivity index (χ0v) is 25.9. The van der Waals surface area contributed by atoms with Crippen molar-refractivity contribution in [3.63, 3.8) is 0 Å². The van der Waals surface area contributed by atoms with Gasteiger partial charge in [-0.25, -0.2) is 8.42 Å². The molecule has 1 aliphatic carbocycles. The van der Waals surface area contributed by atoms with E-state index >= 15 is 0 Å². The summed E-state index contributed by atoms with van der Waals surface area (Å²) in [5, 5.41) is 3.05. The highest BCUT2D eigenvalue weighted by Crippen LogP contribution is 2.33. The molecule has 11 heteroatoms. The third-order valence-electron chi connectivity index (χ3n) is 8.04. The molecule has 1 aliphatic rings. The molecule has 0 spiro atoms. The molecule has 3 aromatic rings. The number of benzene rings is 3. The highest BCUT2D eigenvalue weighted by molar-refractivity contribution is 7.92. The van der Waals surface area contributed by atoms with Crippen LogP contribution in [0.25, 0.3) is 0 Å². The molecule has 0 aromatic heterocycles. The number of amides is 2. The Bertz CT molecular complexity index is 1570. The van der Waals surface area contributed by atoms with E-state index in [0.717, 1.165) is 60.6 Å². The van der Waals surface area contributed by atoms with Crippen LogP contribution in [-0.4, -0.2) is 43.8 Å². The average Bonchev–Trinajstić information content (AvgIpc) is 3.49. The van der Waals surface area contributed by atoms with Crippen molar-refractivity contribution in [2.75, 3.05) is 10.8 Å². The number of nitrogens with one attached hydrogen (secondary N) is 1. The lowest BCUT2D eigenvalue weighted by Crippen LogP contribution is -2.53. The summed E-state index contributed by atoms with van der Waals surface area (Å²) in [6, 6.07) is 16.2. The van der Waals surface area contributed by atoms with Gasteiger partial charge in [0.2, 0.25) is 11.8 Å².